The number of hydrogen-bond donors (Lipinski definition) is 2. The van der Waals surface area contributed by atoms with Crippen molar-refractivity contribution in [3.05, 3.63) is 0 Å². The van der Waals surface area contributed by atoms with Crippen LogP contribution in [0.4, 0.5) is 0 Å². The average Bonchev–Trinajstić information content (AvgIpc) is 2.96. The normalized spacial score (nSPS) is 20.5. The Morgan fingerprint density at radius 2 is 1.93 bits per heavy atom. The van der Waals surface area contributed by atoms with Crippen LogP contribution < -0.4 is 10.6 Å². The van der Waals surface area contributed by atoms with E-state index in [1.807, 2.05) is 0 Å². The van der Waals surface area contributed by atoms with E-state index in [-0.39, 0.29) is 5.96 Å². The summed E-state index contributed by atoms with van der Waals surface area (Å²) < 4.78 is 0. The third-order valence-electron chi connectivity index (χ3n) is 2.56. The monoisotopic (exact) mass is 210 g/mol. The fraction of sp³-hybridized carbons (Fsp3) is 0.667. The lowest BCUT2D eigenvalue weighted by Gasteiger charge is -2.13. The first kappa shape index (κ1) is 10.1. The molecule has 2 amide bonds. The first-order valence-corrected chi connectivity index (χ1v) is 5.04. The molecule has 0 aromatic rings. The van der Waals surface area contributed by atoms with E-state index in [0.717, 1.165) is 6.54 Å². The Hall–Kier alpha value is -1.43. The second-order valence-electron chi connectivity index (χ2n) is 3.85. The summed E-state index contributed by atoms with van der Waals surface area (Å²) in [5, 5.41) is 4.71. The molecular weight excluding hydrogens is 196 g/mol. The van der Waals surface area contributed by atoms with Gasteiger partial charge in [-0.25, -0.2) is 0 Å². The minimum Gasteiger partial charge on any atom is -0.302 e. The first-order valence-electron chi connectivity index (χ1n) is 5.04. The highest BCUT2D eigenvalue weighted by atomic mass is 16.2. The molecule has 2 aliphatic rings. The summed E-state index contributed by atoms with van der Waals surface area (Å²) in [4.78, 5) is 27.9. The predicted octanol–water partition coefficient (Wildman–Crippen LogP) is -1.32. The third kappa shape index (κ3) is 2.53. The van der Waals surface area contributed by atoms with Crippen LogP contribution in [0.3, 0.4) is 0 Å². The fourth-order valence-corrected chi connectivity index (χ4v) is 1.46. The summed E-state index contributed by atoms with van der Waals surface area (Å²) in [5.74, 6) is -0.997. The van der Waals surface area contributed by atoms with Crippen LogP contribution in [0.5, 0.6) is 0 Å². The summed E-state index contributed by atoms with van der Waals surface area (Å²) in [6.45, 7) is 1.43. The van der Waals surface area contributed by atoms with Gasteiger partial charge in [0, 0.05) is 12.6 Å². The summed E-state index contributed by atoms with van der Waals surface area (Å²) >= 11 is 0. The van der Waals surface area contributed by atoms with Gasteiger partial charge in [0.1, 0.15) is 0 Å². The topological polar surface area (TPSA) is 73.8 Å². The van der Waals surface area contributed by atoms with Gasteiger partial charge >= 0.3 is 11.8 Å². The molecule has 0 aromatic heterocycles. The Bertz CT molecular complexity index is 304. The number of amides is 2. The number of hydrogen-bond acceptors (Lipinski definition) is 4. The van der Waals surface area contributed by atoms with Crippen LogP contribution in [0, 0.1) is 0 Å². The van der Waals surface area contributed by atoms with Crippen LogP contribution in [0.15, 0.2) is 4.99 Å². The zero-order chi connectivity index (χ0) is 10.8. The zero-order valence-electron chi connectivity index (χ0n) is 8.62. The lowest BCUT2D eigenvalue weighted by atomic mass is 10.5. The van der Waals surface area contributed by atoms with Crippen LogP contribution in [0.2, 0.25) is 0 Å². The summed E-state index contributed by atoms with van der Waals surface area (Å²) in [7, 11) is 2.06. The van der Waals surface area contributed by atoms with Gasteiger partial charge in [0.25, 0.3) is 0 Å². The SMILES string of the molecule is CN(CCN=C1NC(=O)C(=O)N1)C1CC1. The first-order chi connectivity index (χ1) is 7.16. The van der Waals surface area contributed by atoms with E-state index in [0.29, 0.717) is 12.6 Å². The van der Waals surface area contributed by atoms with E-state index in [4.69, 9.17) is 0 Å². The average molecular weight is 210 g/mol. The van der Waals surface area contributed by atoms with Crippen LogP contribution in [-0.2, 0) is 9.59 Å². The van der Waals surface area contributed by atoms with Crippen molar-refractivity contribution < 1.29 is 9.59 Å². The van der Waals surface area contributed by atoms with Crippen molar-refractivity contribution in [2.45, 2.75) is 18.9 Å². The lowest BCUT2D eigenvalue weighted by molar-refractivity contribution is -0.135. The van der Waals surface area contributed by atoms with Crippen LogP contribution in [0.1, 0.15) is 12.8 Å². The second kappa shape index (κ2) is 3.98. The maximum atomic E-state index is 10.8. The van der Waals surface area contributed by atoms with E-state index in [1.54, 1.807) is 0 Å². The summed E-state index contributed by atoms with van der Waals surface area (Å²) in [6, 6.07) is 0.706. The van der Waals surface area contributed by atoms with Crippen molar-refractivity contribution in [2.24, 2.45) is 4.99 Å². The van der Waals surface area contributed by atoms with Crippen LogP contribution in [0.25, 0.3) is 0 Å². The number of carbonyl (C=O) groups is 2. The zero-order valence-corrected chi connectivity index (χ0v) is 8.62. The highest BCUT2D eigenvalue weighted by Gasteiger charge is 2.26. The number of guanidine groups is 1. The highest BCUT2D eigenvalue weighted by Crippen LogP contribution is 2.24. The Labute approximate surface area is 87.7 Å². The van der Waals surface area contributed by atoms with Crippen molar-refractivity contribution in [1.82, 2.24) is 15.5 Å². The maximum Gasteiger partial charge on any atom is 0.316 e. The van der Waals surface area contributed by atoms with Gasteiger partial charge in [-0.2, -0.15) is 0 Å². The van der Waals surface area contributed by atoms with Crippen molar-refractivity contribution in [1.29, 1.82) is 0 Å². The quantitative estimate of drug-likeness (QED) is 0.565. The number of carbonyl (C=O) groups excluding carboxylic acids is 2. The summed E-state index contributed by atoms with van der Waals surface area (Å²) in [6.07, 6.45) is 2.53. The molecule has 0 aromatic carbocycles. The molecule has 15 heavy (non-hydrogen) atoms. The molecule has 82 valence electrons. The maximum absolute atomic E-state index is 10.8. The van der Waals surface area contributed by atoms with Crippen LogP contribution >= 0.6 is 0 Å². The number of likely N-dealkylation sites (N-methyl/N-ethyl adjacent to an activating group) is 1. The van der Waals surface area contributed by atoms with Gasteiger partial charge in [-0.05, 0) is 19.9 Å². The van der Waals surface area contributed by atoms with E-state index in [1.165, 1.54) is 12.8 Å². The highest BCUT2D eigenvalue weighted by molar-refractivity contribution is 6.45. The molecule has 1 aliphatic heterocycles. The van der Waals surface area contributed by atoms with Gasteiger partial charge in [0.15, 0.2) is 0 Å². The second-order valence-corrected chi connectivity index (χ2v) is 3.85. The standard InChI is InChI=1S/C9H14N4O2/c1-13(6-2-3-6)5-4-10-9-11-7(14)8(15)12-9/h6H,2-5H2,1H3,(H2,10,11,12,14,15). The Morgan fingerprint density at radius 1 is 1.33 bits per heavy atom. The van der Waals surface area contributed by atoms with Gasteiger partial charge in [0.05, 0.1) is 6.54 Å². The molecule has 0 radical (unpaired) electrons. The van der Waals surface area contributed by atoms with Gasteiger partial charge in [-0.1, -0.05) is 0 Å². The molecule has 1 aliphatic carbocycles. The molecule has 6 heteroatoms. The molecule has 0 spiro atoms. The van der Waals surface area contributed by atoms with Crippen molar-refractivity contribution in [3.63, 3.8) is 0 Å². The lowest BCUT2D eigenvalue weighted by Crippen LogP contribution is -2.28. The molecular formula is C9H14N4O2. The van der Waals surface area contributed by atoms with Gasteiger partial charge < -0.3 is 4.90 Å². The Balaban J connectivity index is 1.74. The smallest absolute Gasteiger partial charge is 0.302 e. The number of nitrogens with one attached hydrogen (secondary N) is 2. The third-order valence-corrected chi connectivity index (χ3v) is 2.56. The molecule has 0 unspecified atom stereocenters. The number of aliphatic imine (C=N–C) groups is 1. The van der Waals surface area contributed by atoms with Gasteiger partial charge in [-0.3, -0.25) is 25.2 Å². The minimum absolute atomic E-state index is 0.272. The van der Waals surface area contributed by atoms with E-state index in [9.17, 15) is 9.59 Å². The van der Waals surface area contributed by atoms with E-state index < -0.39 is 11.8 Å². The minimum atomic E-state index is -0.635. The predicted molar refractivity (Wildman–Crippen MR) is 54.2 cm³/mol. The largest absolute Gasteiger partial charge is 0.316 e. The summed E-state index contributed by atoms with van der Waals surface area (Å²) in [5.41, 5.74) is 0. The van der Waals surface area contributed by atoms with Gasteiger partial charge in [-0.15, -0.1) is 0 Å². The van der Waals surface area contributed by atoms with Crippen LogP contribution in [-0.4, -0.2) is 48.9 Å². The molecule has 6 nitrogen and oxygen atoms in total. The Morgan fingerprint density at radius 3 is 2.47 bits per heavy atom. The Kier molecular flexibility index (Phi) is 2.68. The molecule has 2 N–H and O–H groups in total. The molecule has 0 bridgehead atoms. The fourth-order valence-electron chi connectivity index (χ4n) is 1.46. The van der Waals surface area contributed by atoms with E-state index in [2.05, 4.69) is 27.6 Å². The molecule has 2 fully saturated rings. The molecule has 1 saturated heterocycles. The molecule has 1 heterocycles. The van der Waals surface area contributed by atoms with Crippen molar-refractivity contribution in [3.8, 4) is 0 Å². The van der Waals surface area contributed by atoms with Crippen molar-refractivity contribution in [2.75, 3.05) is 20.1 Å². The molecule has 2 rings (SSSR count). The van der Waals surface area contributed by atoms with Crippen molar-refractivity contribution >= 4 is 17.8 Å². The van der Waals surface area contributed by atoms with Gasteiger partial charge in [0.2, 0.25) is 5.96 Å². The van der Waals surface area contributed by atoms with E-state index >= 15 is 0 Å². The number of rotatable bonds is 4. The number of nitrogens with zero attached hydrogens (tertiary/aromatic N) is 2. The molecule has 0 atom stereocenters. The molecule has 1 saturated carbocycles.